The number of para-hydroxylation sites is 3. The third-order valence-corrected chi connectivity index (χ3v) is 5.07. The molecule has 5 heteroatoms. The Balaban J connectivity index is 1.40. The summed E-state index contributed by atoms with van der Waals surface area (Å²) >= 11 is 0. The number of hydrogen-bond acceptors (Lipinski definition) is 4. The number of ether oxygens (including phenoxy) is 1. The van der Waals surface area contributed by atoms with Gasteiger partial charge in [-0.3, -0.25) is 4.90 Å². The second kappa shape index (κ2) is 8.27. The van der Waals surface area contributed by atoms with Gasteiger partial charge in [-0.15, -0.1) is 0 Å². The van der Waals surface area contributed by atoms with Crippen LogP contribution in [-0.2, 0) is 6.54 Å². The molecule has 0 amide bonds. The predicted octanol–water partition coefficient (Wildman–Crippen LogP) is 3.59. The van der Waals surface area contributed by atoms with Gasteiger partial charge in [0.2, 0.25) is 0 Å². The van der Waals surface area contributed by atoms with Gasteiger partial charge in [0.05, 0.1) is 24.2 Å². The molecule has 4 rings (SSSR count). The highest BCUT2D eigenvalue weighted by Crippen LogP contribution is 2.28. The van der Waals surface area contributed by atoms with Gasteiger partial charge in [-0.1, -0.05) is 30.3 Å². The van der Waals surface area contributed by atoms with Crippen LogP contribution in [0.15, 0.2) is 66.9 Å². The van der Waals surface area contributed by atoms with E-state index >= 15 is 0 Å². The molecule has 0 radical (unpaired) electrons. The number of nitrogens with zero attached hydrogens (tertiary/aromatic N) is 4. The van der Waals surface area contributed by atoms with Gasteiger partial charge in [-0.2, -0.15) is 5.10 Å². The molecule has 140 valence electrons. The molecule has 0 saturated carbocycles. The molecular formula is C22H26N4O. The number of methoxy groups -OCH3 is 1. The van der Waals surface area contributed by atoms with E-state index in [9.17, 15) is 0 Å². The summed E-state index contributed by atoms with van der Waals surface area (Å²) in [4.78, 5) is 4.93. The lowest BCUT2D eigenvalue weighted by atomic mass is 10.2. The summed E-state index contributed by atoms with van der Waals surface area (Å²) in [6.07, 6.45) is 3.18. The molecule has 0 unspecified atom stereocenters. The summed E-state index contributed by atoms with van der Waals surface area (Å²) in [7, 11) is 1.74. The van der Waals surface area contributed by atoms with E-state index in [1.54, 1.807) is 7.11 Å². The zero-order valence-electron chi connectivity index (χ0n) is 15.8. The molecule has 0 aliphatic carbocycles. The van der Waals surface area contributed by atoms with E-state index in [0.29, 0.717) is 0 Å². The highest BCUT2D eigenvalue weighted by Gasteiger charge is 2.18. The normalized spacial score (nSPS) is 15.5. The average molecular weight is 362 g/mol. The van der Waals surface area contributed by atoms with Crippen molar-refractivity contribution in [3.05, 3.63) is 72.6 Å². The van der Waals surface area contributed by atoms with Crippen molar-refractivity contribution in [2.45, 2.75) is 13.0 Å². The summed E-state index contributed by atoms with van der Waals surface area (Å²) in [6.45, 7) is 5.05. The monoisotopic (exact) mass is 362 g/mol. The number of benzene rings is 2. The fraction of sp³-hybridized carbons (Fsp3) is 0.318. The van der Waals surface area contributed by atoms with Crippen LogP contribution < -0.4 is 9.64 Å². The van der Waals surface area contributed by atoms with E-state index in [0.717, 1.165) is 56.3 Å². The molecule has 0 spiro atoms. The van der Waals surface area contributed by atoms with Crippen LogP contribution >= 0.6 is 0 Å². The SMILES string of the molecule is COc1ccccc1N1CCCN(Cc2ccn(-c3ccccc3)n2)CC1. The molecule has 3 aromatic rings. The lowest BCUT2D eigenvalue weighted by Gasteiger charge is -2.25. The largest absolute Gasteiger partial charge is 0.495 e. The zero-order chi connectivity index (χ0) is 18.5. The first-order chi connectivity index (χ1) is 13.3. The smallest absolute Gasteiger partial charge is 0.142 e. The van der Waals surface area contributed by atoms with Crippen molar-refractivity contribution in [1.82, 2.24) is 14.7 Å². The molecule has 5 nitrogen and oxygen atoms in total. The first-order valence-electron chi connectivity index (χ1n) is 9.54. The van der Waals surface area contributed by atoms with Crippen LogP contribution in [0.2, 0.25) is 0 Å². The van der Waals surface area contributed by atoms with E-state index in [1.807, 2.05) is 41.2 Å². The molecule has 1 aliphatic heterocycles. The quantitative estimate of drug-likeness (QED) is 0.694. The lowest BCUT2D eigenvalue weighted by Crippen LogP contribution is -2.30. The van der Waals surface area contributed by atoms with Crippen LogP contribution in [-0.4, -0.2) is 48.0 Å². The van der Waals surface area contributed by atoms with Crippen molar-refractivity contribution in [1.29, 1.82) is 0 Å². The molecule has 27 heavy (non-hydrogen) atoms. The minimum absolute atomic E-state index is 0.888. The Hall–Kier alpha value is -2.79. The molecule has 0 atom stereocenters. The van der Waals surface area contributed by atoms with Gasteiger partial charge in [0.25, 0.3) is 0 Å². The van der Waals surface area contributed by atoms with Gasteiger partial charge in [0.1, 0.15) is 5.75 Å². The molecule has 1 saturated heterocycles. The zero-order valence-corrected chi connectivity index (χ0v) is 15.8. The van der Waals surface area contributed by atoms with E-state index in [2.05, 4.69) is 40.1 Å². The maximum atomic E-state index is 5.54. The highest BCUT2D eigenvalue weighted by molar-refractivity contribution is 5.58. The Labute approximate surface area is 160 Å². The van der Waals surface area contributed by atoms with E-state index < -0.39 is 0 Å². The number of hydrogen-bond donors (Lipinski definition) is 0. The Bertz CT molecular complexity index is 862. The van der Waals surface area contributed by atoms with Crippen LogP contribution in [0.25, 0.3) is 5.69 Å². The molecule has 1 aromatic heterocycles. The first-order valence-corrected chi connectivity index (χ1v) is 9.54. The Morgan fingerprint density at radius 2 is 1.70 bits per heavy atom. The standard InChI is InChI=1S/C22H26N4O/c1-27-22-11-6-5-10-21(22)25-14-7-13-24(16-17-25)18-19-12-15-26(23-19)20-8-3-2-4-9-20/h2-6,8-12,15H,7,13-14,16-18H2,1H3. The number of anilines is 1. The van der Waals surface area contributed by atoms with Crippen molar-refractivity contribution in [3.8, 4) is 11.4 Å². The van der Waals surface area contributed by atoms with Crippen molar-refractivity contribution >= 4 is 5.69 Å². The topological polar surface area (TPSA) is 33.5 Å². The first kappa shape index (κ1) is 17.6. The molecule has 0 N–H and O–H groups in total. The van der Waals surface area contributed by atoms with Crippen molar-refractivity contribution in [2.75, 3.05) is 38.2 Å². The van der Waals surface area contributed by atoms with Crippen molar-refractivity contribution in [2.24, 2.45) is 0 Å². The molecule has 2 aromatic carbocycles. The van der Waals surface area contributed by atoms with Gasteiger partial charge in [-0.25, -0.2) is 4.68 Å². The fourth-order valence-corrected chi connectivity index (χ4v) is 3.66. The Morgan fingerprint density at radius 3 is 2.56 bits per heavy atom. The summed E-state index contributed by atoms with van der Waals surface area (Å²) in [5.74, 6) is 0.951. The fourth-order valence-electron chi connectivity index (χ4n) is 3.66. The lowest BCUT2D eigenvalue weighted by molar-refractivity contribution is 0.281. The highest BCUT2D eigenvalue weighted by atomic mass is 16.5. The predicted molar refractivity (Wildman–Crippen MR) is 109 cm³/mol. The molecule has 1 fully saturated rings. The van der Waals surface area contributed by atoms with Crippen molar-refractivity contribution in [3.63, 3.8) is 0 Å². The molecule has 2 heterocycles. The van der Waals surface area contributed by atoms with Crippen LogP contribution in [0.1, 0.15) is 12.1 Å². The molecule has 1 aliphatic rings. The van der Waals surface area contributed by atoms with Crippen LogP contribution in [0, 0.1) is 0 Å². The van der Waals surface area contributed by atoms with Crippen LogP contribution in [0.5, 0.6) is 5.75 Å². The number of rotatable bonds is 5. The third-order valence-electron chi connectivity index (χ3n) is 5.07. The summed E-state index contributed by atoms with van der Waals surface area (Å²) in [6, 6.07) is 20.7. The third kappa shape index (κ3) is 4.14. The van der Waals surface area contributed by atoms with E-state index in [1.165, 1.54) is 5.69 Å². The van der Waals surface area contributed by atoms with Gasteiger partial charge < -0.3 is 9.64 Å². The van der Waals surface area contributed by atoms with Gasteiger partial charge >= 0.3 is 0 Å². The summed E-state index contributed by atoms with van der Waals surface area (Å²) < 4.78 is 7.49. The summed E-state index contributed by atoms with van der Waals surface area (Å²) in [5, 5.41) is 4.75. The second-order valence-electron chi connectivity index (χ2n) is 6.88. The maximum Gasteiger partial charge on any atom is 0.142 e. The van der Waals surface area contributed by atoms with Crippen molar-refractivity contribution < 1.29 is 4.74 Å². The van der Waals surface area contributed by atoms with Gasteiger partial charge in [0, 0.05) is 38.9 Å². The minimum atomic E-state index is 0.888. The summed E-state index contributed by atoms with van der Waals surface area (Å²) in [5.41, 5.74) is 3.40. The second-order valence-corrected chi connectivity index (χ2v) is 6.88. The Morgan fingerprint density at radius 1 is 0.889 bits per heavy atom. The maximum absolute atomic E-state index is 5.54. The van der Waals surface area contributed by atoms with E-state index in [4.69, 9.17) is 9.84 Å². The number of aromatic nitrogens is 2. The molecular weight excluding hydrogens is 336 g/mol. The molecule has 0 bridgehead atoms. The Kier molecular flexibility index (Phi) is 5.39. The van der Waals surface area contributed by atoms with Crippen LogP contribution in [0.3, 0.4) is 0 Å². The van der Waals surface area contributed by atoms with Gasteiger partial charge in [-0.05, 0) is 36.8 Å². The van der Waals surface area contributed by atoms with E-state index in [-0.39, 0.29) is 0 Å². The van der Waals surface area contributed by atoms with Gasteiger partial charge in [0.15, 0.2) is 0 Å². The van der Waals surface area contributed by atoms with Crippen LogP contribution in [0.4, 0.5) is 5.69 Å². The minimum Gasteiger partial charge on any atom is -0.495 e. The average Bonchev–Trinajstić information content (AvgIpc) is 3.07.